The maximum Gasteiger partial charge on any atom is 0.135 e. The first-order valence-electron chi connectivity index (χ1n) is 7.03. The highest BCUT2D eigenvalue weighted by atomic mass is 79.9. The lowest BCUT2D eigenvalue weighted by molar-refractivity contribution is 0.349. The lowest BCUT2D eigenvalue weighted by Crippen LogP contribution is -2.30. The Kier molecular flexibility index (Phi) is 3.55. The van der Waals surface area contributed by atoms with Crippen LogP contribution in [0.1, 0.15) is 57.2 Å². The third-order valence-corrected chi connectivity index (χ3v) is 4.51. The van der Waals surface area contributed by atoms with Crippen LogP contribution >= 0.6 is 15.9 Å². The molecule has 0 saturated heterocycles. The molecule has 3 rings (SSSR count). The van der Waals surface area contributed by atoms with Gasteiger partial charge in [-0.2, -0.15) is 0 Å². The Bertz CT molecular complexity index is 431. The molecule has 2 unspecified atom stereocenters. The molecule has 0 amide bonds. The highest BCUT2D eigenvalue weighted by Gasteiger charge is 2.28. The van der Waals surface area contributed by atoms with Crippen LogP contribution in [0.5, 0.6) is 0 Å². The van der Waals surface area contributed by atoms with Crippen molar-refractivity contribution in [2.75, 3.05) is 5.32 Å². The maximum atomic E-state index is 4.67. The van der Waals surface area contributed by atoms with E-state index in [-0.39, 0.29) is 0 Å². The second kappa shape index (κ2) is 5.16. The molecule has 3 nitrogen and oxygen atoms in total. The highest BCUT2D eigenvalue weighted by Crippen LogP contribution is 2.39. The van der Waals surface area contributed by atoms with Crippen LogP contribution in [0.2, 0.25) is 0 Å². The standard InChI is InChI=1S/C14H20BrN3/c1-9-4-2-3-5-11(9)16-13-8-12(15)17-14(18-13)10-6-7-10/h8-11H,2-7H2,1H3,(H,16,17,18). The van der Waals surface area contributed by atoms with E-state index in [1.165, 1.54) is 38.5 Å². The normalized spacial score (nSPS) is 28.1. The molecule has 0 spiro atoms. The van der Waals surface area contributed by atoms with Crippen LogP contribution in [0.3, 0.4) is 0 Å². The predicted molar refractivity (Wildman–Crippen MR) is 76.7 cm³/mol. The molecule has 2 aliphatic rings. The molecule has 2 atom stereocenters. The molecule has 98 valence electrons. The number of hydrogen-bond donors (Lipinski definition) is 1. The summed E-state index contributed by atoms with van der Waals surface area (Å²) in [6, 6.07) is 2.58. The first-order valence-corrected chi connectivity index (χ1v) is 7.82. The molecule has 0 aromatic carbocycles. The number of rotatable bonds is 3. The number of nitrogens with one attached hydrogen (secondary N) is 1. The van der Waals surface area contributed by atoms with Crippen LogP contribution in [0.15, 0.2) is 10.7 Å². The van der Waals surface area contributed by atoms with Crippen molar-refractivity contribution in [3.63, 3.8) is 0 Å². The number of nitrogens with zero attached hydrogens (tertiary/aromatic N) is 2. The van der Waals surface area contributed by atoms with Crippen molar-refractivity contribution in [3.05, 3.63) is 16.5 Å². The molecule has 0 bridgehead atoms. The lowest BCUT2D eigenvalue weighted by atomic mass is 9.86. The Morgan fingerprint density at radius 2 is 1.94 bits per heavy atom. The smallest absolute Gasteiger partial charge is 0.135 e. The number of anilines is 1. The zero-order chi connectivity index (χ0) is 12.5. The maximum absolute atomic E-state index is 4.67. The molecule has 18 heavy (non-hydrogen) atoms. The van der Waals surface area contributed by atoms with E-state index in [1.807, 2.05) is 6.07 Å². The van der Waals surface area contributed by atoms with Gasteiger partial charge in [0.05, 0.1) is 0 Å². The third kappa shape index (κ3) is 2.85. The van der Waals surface area contributed by atoms with E-state index in [2.05, 4.69) is 38.1 Å². The van der Waals surface area contributed by atoms with E-state index >= 15 is 0 Å². The summed E-state index contributed by atoms with van der Waals surface area (Å²) in [5, 5.41) is 3.61. The monoisotopic (exact) mass is 309 g/mol. The molecule has 2 saturated carbocycles. The first-order chi connectivity index (χ1) is 8.72. The Balaban J connectivity index is 1.74. The lowest BCUT2D eigenvalue weighted by Gasteiger charge is -2.30. The molecule has 0 radical (unpaired) electrons. The van der Waals surface area contributed by atoms with Crippen LogP contribution in [0.4, 0.5) is 5.82 Å². The molecule has 1 heterocycles. The molecular formula is C14H20BrN3. The van der Waals surface area contributed by atoms with Gasteiger partial charge in [-0.1, -0.05) is 19.8 Å². The van der Waals surface area contributed by atoms with Gasteiger partial charge in [0, 0.05) is 18.0 Å². The Morgan fingerprint density at radius 1 is 1.17 bits per heavy atom. The topological polar surface area (TPSA) is 37.8 Å². The SMILES string of the molecule is CC1CCCCC1Nc1cc(Br)nc(C2CC2)n1. The minimum Gasteiger partial charge on any atom is -0.367 e. The van der Waals surface area contributed by atoms with Crippen LogP contribution < -0.4 is 5.32 Å². The largest absolute Gasteiger partial charge is 0.367 e. The van der Waals surface area contributed by atoms with Crippen LogP contribution in [0.25, 0.3) is 0 Å². The van der Waals surface area contributed by atoms with Gasteiger partial charge in [0.25, 0.3) is 0 Å². The summed E-state index contributed by atoms with van der Waals surface area (Å²) in [5.41, 5.74) is 0. The molecule has 2 fully saturated rings. The number of hydrogen-bond acceptors (Lipinski definition) is 3. The van der Waals surface area contributed by atoms with Gasteiger partial charge < -0.3 is 5.32 Å². The van der Waals surface area contributed by atoms with Gasteiger partial charge >= 0.3 is 0 Å². The fraction of sp³-hybridized carbons (Fsp3) is 0.714. The second-order valence-electron chi connectivity index (χ2n) is 5.72. The summed E-state index contributed by atoms with van der Waals surface area (Å²) < 4.78 is 0.908. The highest BCUT2D eigenvalue weighted by molar-refractivity contribution is 9.10. The van der Waals surface area contributed by atoms with Gasteiger partial charge in [0.1, 0.15) is 16.2 Å². The molecule has 1 N–H and O–H groups in total. The van der Waals surface area contributed by atoms with E-state index < -0.39 is 0 Å². The van der Waals surface area contributed by atoms with Crippen molar-refractivity contribution in [3.8, 4) is 0 Å². The number of halogens is 1. The van der Waals surface area contributed by atoms with Crippen LogP contribution in [-0.2, 0) is 0 Å². The number of aromatic nitrogens is 2. The Morgan fingerprint density at radius 3 is 2.67 bits per heavy atom. The first kappa shape index (κ1) is 12.4. The minimum atomic E-state index is 0.576. The van der Waals surface area contributed by atoms with Crippen LogP contribution in [-0.4, -0.2) is 16.0 Å². The van der Waals surface area contributed by atoms with Crippen molar-refractivity contribution in [2.45, 2.75) is 57.4 Å². The van der Waals surface area contributed by atoms with Crippen molar-refractivity contribution in [1.29, 1.82) is 0 Å². The average molecular weight is 310 g/mol. The summed E-state index contributed by atoms with van der Waals surface area (Å²) >= 11 is 3.50. The zero-order valence-corrected chi connectivity index (χ0v) is 12.4. The van der Waals surface area contributed by atoms with Gasteiger partial charge in [-0.05, 0) is 47.5 Å². The third-order valence-electron chi connectivity index (χ3n) is 4.10. The molecule has 1 aromatic heterocycles. The average Bonchev–Trinajstić information content (AvgIpc) is 3.15. The summed E-state index contributed by atoms with van der Waals surface area (Å²) in [6.45, 7) is 2.34. The zero-order valence-electron chi connectivity index (χ0n) is 10.8. The summed E-state index contributed by atoms with van der Waals surface area (Å²) in [4.78, 5) is 9.15. The van der Waals surface area contributed by atoms with E-state index in [0.29, 0.717) is 12.0 Å². The van der Waals surface area contributed by atoms with Crippen molar-refractivity contribution in [2.24, 2.45) is 5.92 Å². The Labute approximate surface area is 117 Å². The van der Waals surface area contributed by atoms with E-state index in [0.717, 1.165) is 22.2 Å². The predicted octanol–water partition coefficient (Wildman–Crippen LogP) is 4.11. The summed E-state index contributed by atoms with van der Waals surface area (Å²) in [6.07, 6.45) is 7.80. The molecular weight excluding hydrogens is 290 g/mol. The van der Waals surface area contributed by atoms with Gasteiger partial charge in [-0.3, -0.25) is 0 Å². The fourth-order valence-electron chi connectivity index (χ4n) is 2.75. The summed E-state index contributed by atoms with van der Waals surface area (Å²) in [7, 11) is 0. The minimum absolute atomic E-state index is 0.576. The van der Waals surface area contributed by atoms with Crippen molar-refractivity contribution < 1.29 is 0 Å². The van der Waals surface area contributed by atoms with E-state index in [4.69, 9.17) is 0 Å². The molecule has 2 aliphatic carbocycles. The van der Waals surface area contributed by atoms with Gasteiger partial charge in [-0.25, -0.2) is 9.97 Å². The van der Waals surface area contributed by atoms with E-state index in [1.54, 1.807) is 0 Å². The van der Waals surface area contributed by atoms with Gasteiger partial charge in [0.15, 0.2) is 0 Å². The fourth-order valence-corrected chi connectivity index (χ4v) is 3.15. The summed E-state index contributed by atoms with van der Waals surface area (Å²) in [5.74, 6) is 3.36. The molecule has 4 heteroatoms. The molecule has 0 aliphatic heterocycles. The van der Waals surface area contributed by atoms with Gasteiger partial charge in [0.2, 0.25) is 0 Å². The van der Waals surface area contributed by atoms with Crippen molar-refractivity contribution >= 4 is 21.7 Å². The van der Waals surface area contributed by atoms with Gasteiger partial charge in [-0.15, -0.1) is 0 Å². The van der Waals surface area contributed by atoms with E-state index in [9.17, 15) is 0 Å². The quantitative estimate of drug-likeness (QED) is 0.854. The Hall–Kier alpha value is -0.640. The molecule has 1 aromatic rings. The van der Waals surface area contributed by atoms with Crippen LogP contribution in [0, 0.1) is 5.92 Å². The second-order valence-corrected chi connectivity index (χ2v) is 6.53. The van der Waals surface area contributed by atoms with Crippen molar-refractivity contribution in [1.82, 2.24) is 9.97 Å².